The number of rotatable bonds is 3. The Balaban J connectivity index is 1.98. The van der Waals surface area contributed by atoms with Crippen LogP contribution < -0.4 is 10.3 Å². The van der Waals surface area contributed by atoms with E-state index < -0.39 is 10.5 Å². The number of nitro groups is 1. The molecule has 1 amide bonds. The van der Waals surface area contributed by atoms with Crippen LogP contribution >= 0.6 is 0 Å². The van der Waals surface area contributed by atoms with Gasteiger partial charge in [0.1, 0.15) is 0 Å². The van der Waals surface area contributed by atoms with Gasteiger partial charge in [0, 0.05) is 17.7 Å². The number of amides is 1. The zero-order valence-corrected chi connectivity index (χ0v) is 11.9. The Morgan fingerprint density at radius 3 is 2.32 bits per heavy atom. The topological polar surface area (TPSA) is 86.2 Å². The maximum atomic E-state index is 12.4. The van der Waals surface area contributed by atoms with Crippen molar-refractivity contribution in [2.45, 2.75) is 12.5 Å². The molecule has 6 nitrogen and oxygen atoms in total. The van der Waals surface area contributed by atoms with E-state index in [-0.39, 0.29) is 11.6 Å². The molecular formula is C16H14N3O3+. The van der Waals surface area contributed by atoms with E-state index in [1.807, 2.05) is 30.3 Å². The van der Waals surface area contributed by atoms with Crippen molar-refractivity contribution in [1.29, 1.82) is 0 Å². The number of nitrogens with one attached hydrogen (secondary N) is 2. The molecule has 1 aliphatic rings. The molecule has 0 bridgehead atoms. The fourth-order valence-electron chi connectivity index (χ4n) is 2.45. The van der Waals surface area contributed by atoms with Crippen LogP contribution in [0.5, 0.6) is 0 Å². The number of nitrogens with zero attached hydrogens (tertiary/aromatic N) is 1. The van der Waals surface area contributed by atoms with Crippen LogP contribution in [0.4, 0.5) is 5.69 Å². The monoisotopic (exact) mass is 296 g/mol. The third-order valence-electron chi connectivity index (χ3n) is 3.79. The second-order valence-electron chi connectivity index (χ2n) is 5.25. The molecule has 2 N–H and O–H groups in total. The number of carbonyl (C=O) groups excluding carboxylic acids is 1. The molecule has 1 atom stereocenters. The molecule has 2 aromatic rings. The first-order chi connectivity index (χ1) is 10.5. The smallest absolute Gasteiger partial charge is 0.258 e. The average Bonchev–Trinajstić information content (AvgIpc) is 2.85. The Hall–Kier alpha value is -3.02. The molecule has 0 aliphatic carbocycles. The summed E-state index contributed by atoms with van der Waals surface area (Å²) in [6, 6.07) is 15.4. The largest absolute Gasteiger partial charge is 0.359 e. The Morgan fingerprint density at radius 2 is 1.73 bits per heavy atom. The van der Waals surface area contributed by atoms with Crippen LogP contribution in [0.3, 0.4) is 0 Å². The third kappa shape index (κ3) is 2.24. The zero-order chi connectivity index (χ0) is 15.7. The molecule has 0 saturated heterocycles. The van der Waals surface area contributed by atoms with Gasteiger partial charge >= 0.3 is 5.91 Å². The fraction of sp³-hybridized carbons (Fsp3) is 0.125. The first kappa shape index (κ1) is 13.9. The van der Waals surface area contributed by atoms with Gasteiger partial charge in [-0.25, -0.2) is 10.1 Å². The van der Waals surface area contributed by atoms with Crippen molar-refractivity contribution in [2.24, 2.45) is 0 Å². The Bertz CT molecular complexity index is 769. The fourth-order valence-corrected chi connectivity index (χ4v) is 2.45. The lowest BCUT2D eigenvalue weighted by Crippen LogP contribution is -2.82. The van der Waals surface area contributed by atoms with E-state index in [1.54, 1.807) is 19.1 Å². The maximum absolute atomic E-state index is 12.4. The zero-order valence-electron chi connectivity index (χ0n) is 11.9. The summed E-state index contributed by atoms with van der Waals surface area (Å²) in [6.07, 6.45) is 0. The van der Waals surface area contributed by atoms with E-state index in [2.05, 4.69) is 10.3 Å². The van der Waals surface area contributed by atoms with Crippen molar-refractivity contribution in [2.75, 3.05) is 0 Å². The lowest BCUT2D eigenvalue weighted by molar-refractivity contribution is -0.532. The lowest BCUT2D eigenvalue weighted by Gasteiger charge is -2.13. The lowest BCUT2D eigenvalue weighted by atomic mass is 9.93. The number of hydrogen-bond donors (Lipinski definition) is 2. The maximum Gasteiger partial charge on any atom is 0.359 e. The van der Waals surface area contributed by atoms with E-state index >= 15 is 0 Å². The Kier molecular flexibility index (Phi) is 3.21. The summed E-state index contributed by atoms with van der Waals surface area (Å²) in [5.74, 6) is 0.387. The second-order valence-corrected chi connectivity index (χ2v) is 5.25. The molecule has 22 heavy (non-hydrogen) atoms. The van der Waals surface area contributed by atoms with Gasteiger partial charge in [0.25, 0.3) is 11.5 Å². The summed E-state index contributed by atoms with van der Waals surface area (Å²) >= 11 is 0. The highest BCUT2D eigenvalue weighted by molar-refractivity contribution is 6.10. The molecule has 0 spiro atoms. The first-order valence-electron chi connectivity index (χ1n) is 6.77. The van der Waals surface area contributed by atoms with Crippen LogP contribution in [0.2, 0.25) is 0 Å². The SMILES string of the molecule is C[C@@]1(c2ccccc2)[NH+]=C(c2ccc([N+](=O)[O-])cc2)NC1=O. The third-order valence-corrected chi connectivity index (χ3v) is 3.79. The standard InChI is InChI=1S/C16H13N3O3/c1-16(12-5-3-2-4-6-12)15(20)17-14(18-16)11-7-9-13(10-8-11)19(21)22/h2-10H,1H3,(H,17,18,20)/p+1/t16-/m0/s1. The summed E-state index contributed by atoms with van der Waals surface area (Å²) in [4.78, 5) is 25.8. The number of hydrogen-bond acceptors (Lipinski definition) is 3. The first-order valence-corrected chi connectivity index (χ1v) is 6.77. The van der Waals surface area contributed by atoms with Gasteiger partial charge in [-0.15, -0.1) is 0 Å². The predicted octanol–water partition coefficient (Wildman–Crippen LogP) is 0.467. The van der Waals surface area contributed by atoms with Crippen molar-refractivity contribution in [3.05, 3.63) is 75.8 Å². The van der Waals surface area contributed by atoms with Crippen LogP contribution in [-0.2, 0) is 10.3 Å². The van der Waals surface area contributed by atoms with Gasteiger partial charge < -0.3 is 0 Å². The molecule has 0 unspecified atom stereocenters. The van der Waals surface area contributed by atoms with Gasteiger partial charge in [0.15, 0.2) is 0 Å². The summed E-state index contributed by atoms with van der Waals surface area (Å²) in [5, 5.41) is 13.5. The molecule has 6 heteroatoms. The average molecular weight is 296 g/mol. The van der Waals surface area contributed by atoms with Crippen molar-refractivity contribution in [3.8, 4) is 0 Å². The molecule has 0 radical (unpaired) electrons. The van der Waals surface area contributed by atoms with Gasteiger partial charge in [-0.05, 0) is 19.1 Å². The van der Waals surface area contributed by atoms with E-state index in [1.165, 1.54) is 12.1 Å². The molecule has 0 saturated carbocycles. The van der Waals surface area contributed by atoms with Gasteiger partial charge in [-0.3, -0.25) is 15.1 Å². The molecule has 1 aliphatic heterocycles. The highest BCUT2D eigenvalue weighted by atomic mass is 16.6. The summed E-state index contributed by atoms with van der Waals surface area (Å²) in [6.45, 7) is 1.80. The van der Waals surface area contributed by atoms with Crippen LogP contribution in [0.15, 0.2) is 54.6 Å². The molecule has 3 rings (SSSR count). The van der Waals surface area contributed by atoms with Crippen molar-refractivity contribution in [3.63, 3.8) is 0 Å². The van der Waals surface area contributed by atoms with Gasteiger partial charge in [0.05, 0.1) is 10.5 Å². The van der Waals surface area contributed by atoms with E-state index in [9.17, 15) is 14.9 Å². The molecule has 0 aromatic heterocycles. The van der Waals surface area contributed by atoms with Gasteiger partial charge in [-0.2, -0.15) is 0 Å². The van der Waals surface area contributed by atoms with E-state index in [0.717, 1.165) is 5.56 Å². The molecule has 0 fully saturated rings. The quantitative estimate of drug-likeness (QED) is 0.637. The minimum Gasteiger partial charge on any atom is -0.258 e. The minimum absolute atomic E-state index is 0.0134. The Morgan fingerprint density at radius 1 is 1.09 bits per heavy atom. The molecule has 2 aromatic carbocycles. The van der Waals surface area contributed by atoms with Crippen LogP contribution in [0.1, 0.15) is 18.1 Å². The van der Waals surface area contributed by atoms with Crippen molar-refractivity contribution < 1.29 is 14.7 Å². The predicted molar refractivity (Wildman–Crippen MR) is 80.1 cm³/mol. The molecule has 110 valence electrons. The van der Waals surface area contributed by atoms with Crippen LogP contribution in [0, 0.1) is 10.1 Å². The number of amidine groups is 1. The normalized spacial score (nSPS) is 20.4. The number of non-ortho nitro benzene ring substituents is 1. The van der Waals surface area contributed by atoms with E-state index in [4.69, 9.17) is 0 Å². The number of nitro benzene ring substituents is 1. The van der Waals surface area contributed by atoms with Crippen LogP contribution in [-0.4, -0.2) is 16.7 Å². The van der Waals surface area contributed by atoms with Crippen molar-refractivity contribution >= 4 is 17.4 Å². The van der Waals surface area contributed by atoms with Gasteiger partial charge in [-0.1, -0.05) is 30.3 Å². The van der Waals surface area contributed by atoms with Gasteiger partial charge in [0.2, 0.25) is 5.54 Å². The highest BCUT2D eigenvalue weighted by Gasteiger charge is 2.47. The van der Waals surface area contributed by atoms with E-state index in [0.29, 0.717) is 11.4 Å². The van der Waals surface area contributed by atoms with Crippen LogP contribution in [0.25, 0.3) is 0 Å². The molecular weight excluding hydrogens is 282 g/mol. The summed E-state index contributed by atoms with van der Waals surface area (Å²) in [7, 11) is 0. The molecule has 1 heterocycles. The minimum atomic E-state index is -0.863. The number of benzene rings is 2. The highest BCUT2D eigenvalue weighted by Crippen LogP contribution is 2.19. The Labute approximate surface area is 126 Å². The van der Waals surface area contributed by atoms with Crippen molar-refractivity contribution in [1.82, 2.24) is 5.32 Å². The second kappa shape index (κ2) is 5.07. The number of carbonyl (C=O) groups is 1. The summed E-state index contributed by atoms with van der Waals surface area (Å²) in [5.41, 5.74) is 0.695. The summed E-state index contributed by atoms with van der Waals surface area (Å²) < 4.78 is 0.